The Bertz CT molecular complexity index is 472. The minimum Gasteiger partial charge on any atom is -0.382 e. The van der Waals surface area contributed by atoms with Gasteiger partial charge in [-0.25, -0.2) is 0 Å². The maximum absolute atomic E-state index is 12.1. The van der Waals surface area contributed by atoms with Crippen LogP contribution in [0.1, 0.15) is 25.8 Å². The summed E-state index contributed by atoms with van der Waals surface area (Å²) in [7, 11) is -0.867. The number of nitrogens with one attached hydrogen (secondary N) is 2. The monoisotopic (exact) mass is 467 g/mol. The molecule has 1 atom stereocenters. The lowest BCUT2D eigenvalue weighted by Gasteiger charge is -2.11. The van der Waals surface area contributed by atoms with Crippen molar-refractivity contribution in [2.24, 2.45) is 4.99 Å². The van der Waals surface area contributed by atoms with Gasteiger partial charge in [0.15, 0.2) is 5.96 Å². The van der Waals surface area contributed by atoms with Crippen molar-refractivity contribution < 1.29 is 8.95 Å². The lowest BCUT2D eigenvalue weighted by atomic mass is 10.2. The zero-order valence-electron chi connectivity index (χ0n) is 14.6. The van der Waals surface area contributed by atoms with Crippen molar-refractivity contribution in [2.75, 3.05) is 38.6 Å². The third-order valence-electron chi connectivity index (χ3n) is 3.06. The molecule has 0 aliphatic carbocycles. The molecule has 0 aliphatic rings. The van der Waals surface area contributed by atoms with E-state index >= 15 is 0 Å². The van der Waals surface area contributed by atoms with Crippen LogP contribution in [0.3, 0.4) is 0 Å². The molecule has 24 heavy (non-hydrogen) atoms. The number of guanidine groups is 1. The zero-order chi connectivity index (χ0) is 16.8. The van der Waals surface area contributed by atoms with Gasteiger partial charge in [0, 0.05) is 55.2 Å². The molecule has 0 bridgehead atoms. The minimum atomic E-state index is -0.867. The Balaban J connectivity index is 0.00000529. The highest BCUT2D eigenvalue weighted by molar-refractivity contribution is 14.0. The third kappa shape index (κ3) is 11.8. The van der Waals surface area contributed by atoms with Crippen molar-refractivity contribution in [2.45, 2.75) is 26.0 Å². The lowest BCUT2D eigenvalue weighted by Crippen LogP contribution is -2.39. The molecule has 7 heteroatoms. The van der Waals surface area contributed by atoms with Crippen LogP contribution in [0.2, 0.25) is 0 Å². The molecule has 1 aromatic rings. The molecule has 0 fully saturated rings. The predicted octanol–water partition coefficient (Wildman–Crippen LogP) is 2.54. The number of halogens is 1. The number of benzene rings is 1. The highest BCUT2D eigenvalue weighted by Crippen LogP contribution is 2.02. The number of aliphatic imine (C=N–C) groups is 1. The van der Waals surface area contributed by atoms with Gasteiger partial charge in [-0.05, 0) is 25.8 Å². The first-order chi connectivity index (χ1) is 11.3. The van der Waals surface area contributed by atoms with Crippen LogP contribution in [0, 0.1) is 0 Å². The maximum atomic E-state index is 12.1. The van der Waals surface area contributed by atoms with Crippen LogP contribution in [0.25, 0.3) is 0 Å². The molecular formula is C17H30IN3O2S. The Morgan fingerprint density at radius 3 is 2.62 bits per heavy atom. The highest BCUT2D eigenvalue weighted by atomic mass is 127. The fraction of sp³-hybridized carbons (Fsp3) is 0.588. The van der Waals surface area contributed by atoms with E-state index in [4.69, 9.17) is 4.74 Å². The van der Waals surface area contributed by atoms with Gasteiger partial charge in [0.1, 0.15) is 0 Å². The van der Waals surface area contributed by atoms with E-state index in [2.05, 4.69) is 15.6 Å². The van der Waals surface area contributed by atoms with Crippen LogP contribution in [0.5, 0.6) is 0 Å². The minimum absolute atomic E-state index is 0. The van der Waals surface area contributed by atoms with Gasteiger partial charge in [-0.1, -0.05) is 30.3 Å². The molecule has 0 saturated heterocycles. The van der Waals surface area contributed by atoms with Gasteiger partial charge in [0.25, 0.3) is 0 Å². The smallest absolute Gasteiger partial charge is 0.191 e. The molecular weight excluding hydrogens is 437 g/mol. The summed E-state index contributed by atoms with van der Waals surface area (Å²) < 4.78 is 17.4. The summed E-state index contributed by atoms with van der Waals surface area (Å²) in [5.74, 6) is 1.99. The number of hydrogen-bond acceptors (Lipinski definition) is 3. The molecule has 0 saturated carbocycles. The Kier molecular flexibility index (Phi) is 15.4. The molecule has 0 amide bonds. The first kappa shape index (κ1) is 23.3. The second kappa shape index (κ2) is 15.8. The molecule has 1 unspecified atom stereocenters. The third-order valence-corrected chi connectivity index (χ3v) is 4.37. The van der Waals surface area contributed by atoms with Crippen LogP contribution in [0.15, 0.2) is 35.3 Å². The van der Waals surface area contributed by atoms with Gasteiger partial charge in [-0.2, -0.15) is 0 Å². The van der Waals surface area contributed by atoms with Gasteiger partial charge in [-0.15, -0.1) is 24.0 Å². The van der Waals surface area contributed by atoms with Crippen molar-refractivity contribution in [1.82, 2.24) is 10.6 Å². The summed E-state index contributed by atoms with van der Waals surface area (Å²) in [6.45, 7) is 7.69. The molecule has 0 radical (unpaired) electrons. The number of ether oxygens (including phenoxy) is 1. The second-order valence-corrected chi connectivity index (χ2v) is 6.59. The van der Waals surface area contributed by atoms with Crippen LogP contribution in [-0.4, -0.2) is 48.8 Å². The van der Waals surface area contributed by atoms with Crippen molar-refractivity contribution in [1.29, 1.82) is 0 Å². The van der Waals surface area contributed by atoms with Gasteiger partial charge in [0.2, 0.25) is 0 Å². The molecule has 138 valence electrons. The first-order valence-electron chi connectivity index (χ1n) is 8.25. The molecule has 0 aromatic heterocycles. The van der Waals surface area contributed by atoms with Crippen LogP contribution >= 0.6 is 24.0 Å². The Morgan fingerprint density at radius 2 is 1.96 bits per heavy atom. The van der Waals surface area contributed by atoms with Crippen LogP contribution < -0.4 is 10.6 Å². The Hall–Kier alpha value is -0.670. The summed E-state index contributed by atoms with van der Waals surface area (Å²) in [4.78, 5) is 4.48. The number of hydrogen-bond donors (Lipinski definition) is 2. The van der Waals surface area contributed by atoms with Gasteiger partial charge < -0.3 is 15.4 Å². The van der Waals surface area contributed by atoms with Crippen molar-refractivity contribution in [3.05, 3.63) is 35.9 Å². The zero-order valence-corrected chi connectivity index (χ0v) is 17.8. The largest absolute Gasteiger partial charge is 0.382 e. The molecule has 1 aromatic carbocycles. The van der Waals surface area contributed by atoms with Crippen molar-refractivity contribution in [3.8, 4) is 0 Å². The van der Waals surface area contributed by atoms with E-state index in [9.17, 15) is 4.21 Å². The fourth-order valence-electron chi connectivity index (χ4n) is 1.96. The van der Waals surface area contributed by atoms with E-state index in [0.717, 1.165) is 44.2 Å². The SMILES string of the molecule is CCNC(=NCCCOCC)NCCS(=O)Cc1ccccc1.I. The summed E-state index contributed by atoms with van der Waals surface area (Å²) in [6.07, 6.45) is 0.907. The Labute approximate surface area is 165 Å². The van der Waals surface area contributed by atoms with Crippen molar-refractivity contribution >= 4 is 40.7 Å². The topological polar surface area (TPSA) is 62.7 Å². The van der Waals surface area contributed by atoms with Gasteiger partial charge >= 0.3 is 0 Å². The van der Waals surface area contributed by atoms with E-state index in [0.29, 0.717) is 18.1 Å². The molecule has 0 spiro atoms. The van der Waals surface area contributed by atoms with Gasteiger partial charge in [0.05, 0.1) is 0 Å². The first-order valence-corrected chi connectivity index (χ1v) is 9.73. The normalized spacial score (nSPS) is 12.3. The molecule has 2 N–H and O–H groups in total. The molecule has 5 nitrogen and oxygen atoms in total. The lowest BCUT2D eigenvalue weighted by molar-refractivity contribution is 0.146. The summed E-state index contributed by atoms with van der Waals surface area (Å²) in [5, 5.41) is 6.43. The molecule has 1 rings (SSSR count). The van der Waals surface area contributed by atoms with Crippen LogP contribution in [-0.2, 0) is 21.3 Å². The van der Waals surface area contributed by atoms with E-state index in [1.807, 2.05) is 44.2 Å². The molecule has 0 aliphatic heterocycles. The standard InChI is InChI=1S/C17H29N3O2S.HI/c1-3-18-17(19-11-8-13-22-4-2)20-12-14-23(21)15-16-9-6-5-7-10-16;/h5-7,9-10H,3-4,8,11-15H2,1-2H3,(H2,18,19,20);1H. The van der Waals surface area contributed by atoms with E-state index in [1.165, 1.54) is 0 Å². The Morgan fingerprint density at radius 1 is 1.21 bits per heavy atom. The summed E-state index contributed by atoms with van der Waals surface area (Å²) in [6, 6.07) is 9.94. The van der Waals surface area contributed by atoms with E-state index in [-0.39, 0.29) is 24.0 Å². The van der Waals surface area contributed by atoms with Crippen molar-refractivity contribution in [3.63, 3.8) is 0 Å². The highest BCUT2D eigenvalue weighted by Gasteiger charge is 2.03. The predicted molar refractivity (Wildman–Crippen MR) is 114 cm³/mol. The van der Waals surface area contributed by atoms with Gasteiger partial charge in [-0.3, -0.25) is 9.20 Å². The summed E-state index contributed by atoms with van der Waals surface area (Å²) >= 11 is 0. The summed E-state index contributed by atoms with van der Waals surface area (Å²) in [5.41, 5.74) is 1.11. The average molecular weight is 467 g/mol. The average Bonchev–Trinajstić information content (AvgIpc) is 2.55. The number of nitrogens with zero attached hydrogens (tertiary/aromatic N) is 1. The van der Waals surface area contributed by atoms with Crippen LogP contribution in [0.4, 0.5) is 0 Å². The van der Waals surface area contributed by atoms with E-state index in [1.54, 1.807) is 0 Å². The quantitative estimate of drug-likeness (QED) is 0.227. The fourth-order valence-corrected chi connectivity index (χ4v) is 3.00. The van der Waals surface area contributed by atoms with E-state index < -0.39 is 10.8 Å². The molecule has 0 heterocycles. The maximum Gasteiger partial charge on any atom is 0.191 e. The number of rotatable bonds is 11. The second-order valence-electron chi connectivity index (χ2n) is 5.01.